The molecule has 2 aromatic rings. The van der Waals surface area contributed by atoms with Gasteiger partial charge in [0, 0.05) is 12.1 Å². The fourth-order valence-electron chi connectivity index (χ4n) is 1.90. The Morgan fingerprint density at radius 1 is 1.20 bits per heavy atom. The number of nitrogens with one attached hydrogen (secondary N) is 1. The van der Waals surface area contributed by atoms with Gasteiger partial charge in [0.15, 0.2) is 0 Å². The number of hydrogen-bond donors (Lipinski definition) is 1. The molecule has 9 heteroatoms. The Bertz CT molecular complexity index is 867. The van der Waals surface area contributed by atoms with Crippen LogP contribution in [-0.2, 0) is 10.0 Å². The summed E-state index contributed by atoms with van der Waals surface area (Å²) in [5, 5.41) is 10.9. The first-order valence-corrected chi connectivity index (χ1v) is 9.25. The molecule has 0 bridgehead atoms. The number of halogens is 1. The number of benzene rings is 2. The molecule has 0 radical (unpaired) electrons. The first kappa shape index (κ1) is 19.0. The van der Waals surface area contributed by atoms with Crippen molar-refractivity contribution in [2.45, 2.75) is 18.7 Å². The van der Waals surface area contributed by atoms with Gasteiger partial charge in [0.05, 0.1) is 27.1 Å². The second-order valence-corrected chi connectivity index (χ2v) is 7.80. The zero-order chi connectivity index (χ0) is 18.6. The summed E-state index contributed by atoms with van der Waals surface area (Å²) in [6.07, 6.45) is 0. The average molecular weight is 385 g/mol. The summed E-state index contributed by atoms with van der Waals surface area (Å²) in [6, 6.07) is 9.15. The van der Waals surface area contributed by atoms with E-state index in [-0.39, 0.29) is 21.3 Å². The quantitative estimate of drug-likeness (QED) is 0.572. The molecular formula is C16H17ClN2O5S. The molecule has 7 nitrogen and oxygen atoms in total. The van der Waals surface area contributed by atoms with E-state index >= 15 is 0 Å². The number of rotatable bonds is 7. The van der Waals surface area contributed by atoms with Crippen LogP contribution in [0.5, 0.6) is 5.75 Å². The molecule has 0 aliphatic rings. The normalized spacial score (nSPS) is 11.4. The number of hydrogen-bond acceptors (Lipinski definition) is 5. The average Bonchev–Trinajstić information content (AvgIpc) is 2.53. The maximum absolute atomic E-state index is 12.3. The minimum atomic E-state index is -3.88. The zero-order valence-corrected chi connectivity index (χ0v) is 15.2. The summed E-state index contributed by atoms with van der Waals surface area (Å²) < 4.78 is 32.6. The highest BCUT2D eigenvalue weighted by Crippen LogP contribution is 2.29. The monoisotopic (exact) mass is 384 g/mol. The maximum Gasteiger partial charge on any atom is 0.269 e. The number of ether oxygens (including phenoxy) is 1. The summed E-state index contributed by atoms with van der Waals surface area (Å²) in [7, 11) is -3.88. The molecule has 1 N–H and O–H groups in total. The largest absolute Gasteiger partial charge is 0.492 e. The maximum atomic E-state index is 12.3. The van der Waals surface area contributed by atoms with Gasteiger partial charge in [0.2, 0.25) is 0 Å². The fraction of sp³-hybridized carbons (Fsp3) is 0.250. The summed E-state index contributed by atoms with van der Waals surface area (Å²) in [5.41, 5.74) is 0.0777. The second kappa shape index (κ2) is 7.71. The second-order valence-electron chi connectivity index (χ2n) is 5.71. The van der Waals surface area contributed by atoms with E-state index in [4.69, 9.17) is 16.3 Å². The number of nitro benzene ring substituents is 1. The minimum absolute atomic E-state index is 0.0886. The summed E-state index contributed by atoms with van der Waals surface area (Å²) in [6.45, 7) is 4.49. The highest BCUT2D eigenvalue weighted by molar-refractivity contribution is 7.92. The lowest BCUT2D eigenvalue weighted by Gasteiger charge is -2.12. The van der Waals surface area contributed by atoms with Crippen LogP contribution >= 0.6 is 11.6 Å². The molecule has 2 rings (SSSR count). The van der Waals surface area contributed by atoms with Gasteiger partial charge in [-0.25, -0.2) is 8.42 Å². The molecule has 134 valence electrons. The van der Waals surface area contributed by atoms with E-state index in [1.165, 1.54) is 24.3 Å². The summed E-state index contributed by atoms with van der Waals surface area (Å²) in [4.78, 5) is 9.95. The lowest BCUT2D eigenvalue weighted by molar-refractivity contribution is -0.384. The van der Waals surface area contributed by atoms with Crippen molar-refractivity contribution in [3.63, 3.8) is 0 Å². The topological polar surface area (TPSA) is 98.5 Å². The van der Waals surface area contributed by atoms with Gasteiger partial charge in [-0.2, -0.15) is 0 Å². The molecule has 0 fully saturated rings. The van der Waals surface area contributed by atoms with Crippen LogP contribution in [0.4, 0.5) is 11.4 Å². The van der Waals surface area contributed by atoms with Crippen molar-refractivity contribution in [3.05, 3.63) is 57.6 Å². The Balaban J connectivity index is 2.17. The highest BCUT2D eigenvalue weighted by atomic mass is 35.5. The molecule has 25 heavy (non-hydrogen) atoms. The third-order valence-electron chi connectivity index (χ3n) is 3.11. The number of nitrogens with zero attached hydrogens (tertiary/aromatic N) is 1. The highest BCUT2D eigenvalue weighted by Gasteiger charge is 2.17. The van der Waals surface area contributed by atoms with Gasteiger partial charge in [-0.1, -0.05) is 25.4 Å². The van der Waals surface area contributed by atoms with Gasteiger partial charge in [-0.3, -0.25) is 14.8 Å². The van der Waals surface area contributed by atoms with Crippen molar-refractivity contribution in [1.82, 2.24) is 0 Å². The van der Waals surface area contributed by atoms with E-state index in [1.54, 1.807) is 6.07 Å². The SMILES string of the molecule is CC(C)COc1ccc(NS(=O)(=O)c2ccc([N+](=O)[O-])cc2)cc1Cl. The van der Waals surface area contributed by atoms with E-state index in [0.717, 1.165) is 12.1 Å². The molecule has 2 aromatic carbocycles. The molecule has 0 atom stereocenters. The van der Waals surface area contributed by atoms with Crippen molar-refractivity contribution < 1.29 is 18.1 Å². The van der Waals surface area contributed by atoms with Crippen molar-refractivity contribution >= 4 is 33.0 Å². The smallest absolute Gasteiger partial charge is 0.269 e. The van der Waals surface area contributed by atoms with Gasteiger partial charge in [0.25, 0.3) is 15.7 Å². The standard InChI is InChI=1S/C16H17ClN2O5S/c1-11(2)10-24-16-8-3-12(9-15(16)17)18-25(22,23)14-6-4-13(5-7-14)19(20)21/h3-9,11,18H,10H2,1-2H3. The van der Waals surface area contributed by atoms with E-state index in [9.17, 15) is 18.5 Å². The molecule has 0 amide bonds. The predicted molar refractivity (Wildman–Crippen MR) is 95.7 cm³/mol. The van der Waals surface area contributed by atoms with Gasteiger partial charge in [-0.05, 0) is 36.2 Å². The lowest BCUT2D eigenvalue weighted by atomic mass is 10.2. The van der Waals surface area contributed by atoms with E-state index in [0.29, 0.717) is 18.3 Å². The third kappa shape index (κ3) is 5.07. The fourth-order valence-corrected chi connectivity index (χ4v) is 3.18. The Hall–Kier alpha value is -2.32. The van der Waals surface area contributed by atoms with Crippen LogP contribution < -0.4 is 9.46 Å². The molecule has 0 saturated carbocycles. The van der Waals surface area contributed by atoms with Gasteiger partial charge < -0.3 is 4.74 Å². The van der Waals surface area contributed by atoms with Gasteiger partial charge in [-0.15, -0.1) is 0 Å². The molecule has 0 unspecified atom stereocenters. The van der Waals surface area contributed by atoms with Crippen LogP contribution in [-0.4, -0.2) is 19.9 Å². The Morgan fingerprint density at radius 3 is 2.36 bits per heavy atom. The summed E-state index contributed by atoms with van der Waals surface area (Å²) in [5.74, 6) is 0.796. The molecular weight excluding hydrogens is 368 g/mol. The Labute approximate surface area is 150 Å². The van der Waals surface area contributed by atoms with Crippen LogP contribution in [0, 0.1) is 16.0 Å². The van der Waals surface area contributed by atoms with Crippen molar-refractivity contribution in [3.8, 4) is 5.75 Å². The van der Waals surface area contributed by atoms with E-state index in [1.807, 2.05) is 13.8 Å². The van der Waals surface area contributed by atoms with Crippen molar-refractivity contribution in [2.24, 2.45) is 5.92 Å². The van der Waals surface area contributed by atoms with Gasteiger partial charge in [0.1, 0.15) is 5.75 Å². The minimum Gasteiger partial charge on any atom is -0.492 e. The molecule has 0 aromatic heterocycles. The number of sulfonamides is 1. The van der Waals surface area contributed by atoms with Crippen molar-refractivity contribution in [2.75, 3.05) is 11.3 Å². The van der Waals surface area contributed by atoms with Crippen LogP contribution in [0.15, 0.2) is 47.4 Å². The third-order valence-corrected chi connectivity index (χ3v) is 4.81. The van der Waals surface area contributed by atoms with Crippen LogP contribution in [0.1, 0.15) is 13.8 Å². The Morgan fingerprint density at radius 2 is 1.84 bits per heavy atom. The van der Waals surface area contributed by atoms with Gasteiger partial charge >= 0.3 is 0 Å². The van der Waals surface area contributed by atoms with E-state index in [2.05, 4.69) is 4.72 Å². The first-order chi connectivity index (χ1) is 11.7. The molecule has 0 aliphatic heterocycles. The lowest BCUT2D eigenvalue weighted by Crippen LogP contribution is -2.13. The van der Waals surface area contributed by atoms with Crippen LogP contribution in [0.2, 0.25) is 5.02 Å². The van der Waals surface area contributed by atoms with Crippen LogP contribution in [0.25, 0.3) is 0 Å². The predicted octanol–water partition coefficient (Wildman–Crippen LogP) is 4.08. The van der Waals surface area contributed by atoms with E-state index < -0.39 is 14.9 Å². The number of nitro groups is 1. The molecule has 0 spiro atoms. The molecule has 0 heterocycles. The van der Waals surface area contributed by atoms with Crippen molar-refractivity contribution in [1.29, 1.82) is 0 Å². The zero-order valence-electron chi connectivity index (χ0n) is 13.6. The molecule has 0 saturated heterocycles. The summed E-state index contributed by atoms with van der Waals surface area (Å²) >= 11 is 6.11. The molecule has 0 aliphatic carbocycles. The number of non-ortho nitro benzene ring substituents is 1. The number of anilines is 1. The van der Waals surface area contributed by atoms with Crippen LogP contribution in [0.3, 0.4) is 0 Å². The first-order valence-electron chi connectivity index (χ1n) is 7.38. The Kier molecular flexibility index (Phi) is 5.86.